The molecule has 0 saturated heterocycles. The fourth-order valence-electron chi connectivity index (χ4n) is 1.23. The van der Waals surface area contributed by atoms with Gasteiger partial charge in [-0.2, -0.15) is 0 Å². The lowest BCUT2D eigenvalue weighted by molar-refractivity contribution is 0.504. The van der Waals surface area contributed by atoms with Crippen LogP contribution in [0.4, 0.5) is 0 Å². The predicted molar refractivity (Wildman–Crippen MR) is 47.8 cm³/mol. The Kier molecular flexibility index (Phi) is 5.19. The van der Waals surface area contributed by atoms with E-state index in [4.69, 9.17) is 0 Å². The third-order valence-electron chi connectivity index (χ3n) is 1.80. The molecule has 0 aromatic heterocycles. The second-order valence-electron chi connectivity index (χ2n) is 3.15. The van der Waals surface area contributed by atoms with E-state index < -0.39 is 0 Å². The van der Waals surface area contributed by atoms with Crippen molar-refractivity contribution in [2.24, 2.45) is 5.92 Å². The highest BCUT2D eigenvalue weighted by molar-refractivity contribution is 5.02. The third-order valence-corrected chi connectivity index (χ3v) is 1.80. The fraction of sp³-hybridized carbons (Fsp3) is 0.700. The van der Waals surface area contributed by atoms with E-state index in [1.807, 2.05) is 6.08 Å². The summed E-state index contributed by atoms with van der Waals surface area (Å²) < 4.78 is 0. The zero-order valence-electron chi connectivity index (χ0n) is 7.48. The van der Waals surface area contributed by atoms with E-state index >= 15 is 0 Å². The third kappa shape index (κ3) is 4.49. The van der Waals surface area contributed by atoms with Crippen LogP contribution in [-0.2, 0) is 0 Å². The highest BCUT2D eigenvalue weighted by atomic mass is 14.1. The van der Waals surface area contributed by atoms with Crippen molar-refractivity contribution < 1.29 is 0 Å². The summed E-state index contributed by atoms with van der Waals surface area (Å²) in [5.74, 6) is 2.25. The minimum atomic E-state index is 0.836. The Hall–Kier alpha value is -0.390. The maximum absolute atomic E-state index is 3.74. The predicted octanol–water partition coefficient (Wildman–Crippen LogP) is 3.59. The molecule has 0 saturated carbocycles. The fourth-order valence-corrected chi connectivity index (χ4v) is 1.23. The van der Waals surface area contributed by atoms with Crippen LogP contribution >= 0.6 is 0 Å². The molecule has 0 heteroatoms. The molecule has 1 unspecified atom stereocenters. The van der Waals surface area contributed by atoms with Crippen molar-refractivity contribution >= 4 is 0 Å². The topological polar surface area (TPSA) is 0 Å². The monoisotopic (exact) mass is 139 g/mol. The molecule has 0 heterocycles. The Morgan fingerprint density at radius 3 is 2.60 bits per heavy atom. The van der Waals surface area contributed by atoms with E-state index in [2.05, 4.69) is 27.4 Å². The molecule has 0 aliphatic carbocycles. The first-order chi connectivity index (χ1) is 4.70. The van der Waals surface area contributed by atoms with E-state index in [9.17, 15) is 0 Å². The van der Waals surface area contributed by atoms with E-state index in [-0.39, 0.29) is 0 Å². The summed E-state index contributed by atoms with van der Waals surface area (Å²) in [6.45, 7) is 10.4. The second-order valence-corrected chi connectivity index (χ2v) is 3.15. The summed E-state index contributed by atoms with van der Waals surface area (Å²) in [4.78, 5) is 0. The van der Waals surface area contributed by atoms with Gasteiger partial charge in [-0.1, -0.05) is 20.3 Å². The van der Waals surface area contributed by atoms with Gasteiger partial charge in [0, 0.05) is 19.9 Å². The minimum absolute atomic E-state index is 0.836. The lowest BCUT2D eigenvalue weighted by atomic mass is 9.94. The molecule has 0 aromatic carbocycles. The maximum atomic E-state index is 3.74. The standard InChI is InChI=1S/C10H19/c1-5-7-10(4)8-9(3)6-2/h6,10H,2,5,7-8H2,1,3-4H3/q+1. The van der Waals surface area contributed by atoms with Crippen LogP contribution in [0.1, 0.15) is 40.0 Å². The molecular weight excluding hydrogens is 120 g/mol. The van der Waals surface area contributed by atoms with Gasteiger partial charge in [0.2, 0.25) is 0 Å². The van der Waals surface area contributed by atoms with E-state index in [0.29, 0.717) is 0 Å². The summed E-state index contributed by atoms with van der Waals surface area (Å²) in [5, 5.41) is 0. The van der Waals surface area contributed by atoms with Crippen molar-refractivity contribution in [2.45, 2.75) is 40.0 Å². The molecular formula is C10H19+. The lowest BCUT2D eigenvalue weighted by Crippen LogP contribution is -1.98. The van der Waals surface area contributed by atoms with E-state index in [0.717, 1.165) is 5.92 Å². The SMILES string of the molecule is C=C[C+](C)CC(C)CCC. The molecule has 58 valence electrons. The van der Waals surface area contributed by atoms with E-state index in [1.165, 1.54) is 25.2 Å². The van der Waals surface area contributed by atoms with Crippen molar-refractivity contribution in [2.75, 3.05) is 0 Å². The number of hydrogen-bond acceptors (Lipinski definition) is 0. The lowest BCUT2D eigenvalue weighted by Gasteiger charge is -2.07. The summed E-state index contributed by atoms with van der Waals surface area (Å²) in [6, 6.07) is 0. The normalized spacial score (nSPS) is 12.7. The Morgan fingerprint density at radius 2 is 2.20 bits per heavy atom. The van der Waals surface area contributed by atoms with Gasteiger partial charge in [0.1, 0.15) is 0 Å². The number of allylic oxidation sites excluding steroid dienone is 1. The van der Waals surface area contributed by atoms with Crippen LogP contribution in [0, 0.1) is 11.8 Å². The van der Waals surface area contributed by atoms with Crippen LogP contribution < -0.4 is 0 Å². The Balaban J connectivity index is 3.36. The van der Waals surface area contributed by atoms with Gasteiger partial charge in [-0.05, 0) is 12.3 Å². The molecule has 0 amide bonds. The first-order valence-electron chi connectivity index (χ1n) is 4.15. The van der Waals surface area contributed by atoms with Gasteiger partial charge in [0.15, 0.2) is 0 Å². The zero-order chi connectivity index (χ0) is 7.98. The molecule has 0 aliphatic heterocycles. The average Bonchev–Trinajstić information content (AvgIpc) is 1.88. The Labute approximate surface area is 65.3 Å². The van der Waals surface area contributed by atoms with Crippen molar-refractivity contribution in [3.05, 3.63) is 18.6 Å². The minimum Gasteiger partial charge on any atom is -0.0654 e. The van der Waals surface area contributed by atoms with Gasteiger partial charge in [0.05, 0.1) is 12.0 Å². The molecule has 0 N–H and O–H groups in total. The number of rotatable bonds is 5. The summed E-state index contributed by atoms with van der Waals surface area (Å²) >= 11 is 0. The van der Waals surface area contributed by atoms with Crippen LogP contribution in [-0.4, -0.2) is 0 Å². The van der Waals surface area contributed by atoms with Crippen molar-refractivity contribution in [1.82, 2.24) is 0 Å². The van der Waals surface area contributed by atoms with Crippen LogP contribution in [0.25, 0.3) is 0 Å². The molecule has 10 heavy (non-hydrogen) atoms. The first kappa shape index (κ1) is 9.61. The van der Waals surface area contributed by atoms with Crippen LogP contribution in [0.3, 0.4) is 0 Å². The molecule has 0 bridgehead atoms. The van der Waals surface area contributed by atoms with Crippen molar-refractivity contribution in [1.29, 1.82) is 0 Å². The summed E-state index contributed by atoms with van der Waals surface area (Å²) in [6.07, 6.45) is 5.82. The molecule has 0 aromatic rings. The average molecular weight is 139 g/mol. The van der Waals surface area contributed by atoms with Gasteiger partial charge in [-0.25, -0.2) is 0 Å². The molecule has 0 nitrogen and oxygen atoms in total. The van der Waals surface area contributed by atoms with Crippen LogP contribution in [0.2, 0.25) is 0 Å². The molecule has 0 spiro atoms. The van der Waals surface area contributed by atoms with Crippen molar-refractivity contribution in [3.8, 4) is 0 Å². The molecule has 0 fully saturated rings. The zero-order valence-corrected chi connectivity index (χ0v) is 7.48. The summed E-state index contributed by atoms with van der Waals surface area (Å²) in [7, 11) is 0. The van der Waals surface area contributed by atoms with Gasteiger partial charge >= 0.3 is 0 Å². The van der Waals surface area contributed by atoms with Crippen LogP contribution in [0.15, 0.2) is 12.7 Å². The van der Waals surface area contributed by atoms with Gasteiger partial charge in [0.25, 0.3) is 0 Å². The highest BCUT2D eigenvalue weighted by Gasteiger charge is 2.09. The Bertz CT molecular complexity index is 84.0. The molecule has 0 radical (unpaired) electrons. The smallest absolute Gasteiger partial charge is 0.0654 e. The Morgan fingerprint density at radius 1 is 1.60 bits per heavy atom. The second kappa shape index (κ2) is 5.40. The first-order valence-corrected chi connectivity index (χ1v) is 4.15. The number of hydrogen-bond donors (Lipinski definition) is 0. The van der Waals surface area contributed by atoms with Gasteiger partial charge in [-0.3, -0.25) is 0 Å². The molecule has 1 atom stereocenters. The maximum Gasteiger partial charge on any atom is 0.0890 e. The van der Waals surface area contributed by atoms with Gasteiger partial charge < -0.3 is 0 Å². The summed E-state index contributed by atoms with van der Waals surface area (Å²) in [5.41, 5.74) is 0. The quantitative estimate of drug-likeness (QED) is 0.510. The van der Waals surface area contributed by atoms with E-state index in [1.54, 1.807) is 0 Å². The molecule has 0 aliphatic rings. The van der Waals surface area contributed by atoms with Gasteiger partial charge in [-0.15, -0.1) is 0 Å². The molecule has 0 rings (SSSR count). The van der Waals surface area contributed by atoms with Crippen molar-refractivity contribution in [3.63, 3.8) is 0 Å². The largest absolute Gasteiger partial charge is 0.0890 e. The van der Waals surface area contributed by atoms with Crippen LogP contribution in [0.5, 0.6) is 0 Å². The highest BCUT2D eigenvalue weighted by Crippen LogP contribution is 2.18.